The fourth-order valence-electron chi connectivity index (χ4n) is 2.14. The Morgan fingerprint density at radius 2 is 1.73 bits per heavy atom. The second-order valence-electron chi connectivity index (χ2n) is 4.92. The van der Waals surface area contributed by atoms with Crippen LogP contribution in [0.4, 0.5) is 11.4 Å². The lowest BCUT2D eigenvalue weighted by atomic mass is 10.1. The number of hydrogen-bond donors (Lipinski definition) is 1. The minimum atomic E-state index is -1.55. The van der Waals surface area contributed by atoms with Crippen molar-refractivity contribution in [2.45, 2.75) is 0 Å². The highest BCUT2D eigenvalue weighted by molar-refractivity contribution is 6.32. The fraction of sp³-hybridized carbons (Fsp3) is 0.125. The maximum absolute atomic E-state index is 12.4. The summed E-state index contributed by atoms with van der Waals surface area (Å²) in [5, 5.41) is 24.5. The van der Waals surface area contributed by atoms with Crippen molar-refractivity contribution in [2.75, 3.05) is 19.5 Å². The second kappa shape index (κ2) is 7.70. The standard InChI is InChI=1S/C16H13ClN2O7/c1-25-13-6-9(16(21)22)11(7-14(13)26-2)18-15(20)8-3-4-10(17)12(5-8)19(23)24/h3-7H,1-2H3,(H,18,20)(H,21,22)/p-1. The van der Waals surface area contributed by atoms with E-state index in [-0.39, 0.29) is 33.3 Å². The minimum Gasteiger partial charge on any atom is -0.545 e. The number of carboxylic acid groups (broad SMARTS) is 1. The zero-order valence-corrected chi connectivity index (χ0v) is 14.3. The molecule has 136 valence electrons. The number of carboxylic acids is 1. The van der Waals surface area contributed by atoms with E-state index in [0.29, 0.717) is 0 Å². The molecule has 9 nitrogen and oxygen atoms in total. The summed E-state index contributed by atoms with van der Waals surface area (Å²) in [5.41, 5.74) is -1.00. The van der Waals surface area contributed by atoms with Gasteiger partial charge in [0, 0.05) is 23.3 Å². The first-order valence-electron chi connectivity index (χ1n) is 7.01. The number of benzene rings is 2. The van der Waals surface area contributed by atoms with Crippen LogP contribution in [0.3, 0.4) is 0 Å². The van der Waals surface area contributed by atoms with Gasteiger partial charge in [-0.3, -0.25) is 14.9 Å². The van der Waals surface area contributed by atoms with Crippen LogP contribution in [0.15, 0.2) is 30.3 Å². The molecule has 0 radical (unpaired) electrons. The molecule has 2 rings (SSSR count). The number of aromatic carboxylic acids is 1. The number of nitrogens with zero attached hydrogens (tertiary/aromatic N) is 1. The van der Waals surface area contributed by atoms with E-state index >= 15 is 0 Å². The molecule has 0 saturated carbocycles. The normalized spacial score (nSPS) is 10.1. The fourth-order valence-corrected chi connectivity index (χ4v) is 2.33. The van der Waals surface area contributed by atoms with Crippen molar-refractivity contribution < 1.29 is 29.1 Å². The molecule has 0 aromatic heterocycles. The molecule has 0 unspecified atom stereocenters. The number of halogens is 1. The first-order valence-corrected chi connectivity index (χ1v) is 7.39. The molecule has 2 aromatic rings. The monoisotopic (exact) mass is 379 g/mol. The number of nitrogens with one attached hydrogen (secondary N) is 1. The summed E-state index contributed by atoms with van der Waals surface area (Å²) < 4.78 is 10.1. The van der Waals surface area contributed by atoms with Crippen LogP contribution in [0.1, 0.15) is 20.7 Å². The summed E-state index contributed by atoms with van der Waals surface area (Å²) in [6, 6.07) is 5.82. The average Bonchev–Trinajstić information content (AvgIpc) is 2.60. The smallest absolute Gasteiger partial charge is 0.288 e. The lowest BCUT2D eigenvalue weighted by molar-refractivity contribution is -0.384. The number of hydrogen-bond acceptors (Lipinski definition) is 7. The lowest BCUT2D eigenvalue weighted by Crippen LogP contribution is -2.25. The number of methoxy groups -OCH3 is 2. The number of carbonyl (C=O) groups is 2. The Bertz CT molecular complexity index is 898. The van der Waals surface area contributed by atoms with Gasteiger partial charge in [0.25, 0.3) is 11.6 Å². The minimum absolute atomic E-state index is 0.0832. The second-order valence-corrected chi connectivity index (χ2v) is 5.32. The Labute approximate surface area is 152 Å². The first kappa shape index (κ1) is 19.0. The molecule has 0 heterocycles. The van der Waals surface area contributed by atoms with Gasteiger partial charge in [-0.05, 0) is 18.2 Å². The number of ether oxygens (including phenoxy) is 2. The Morgan fingerprint density at radius 1 is 1.12 bits per heavy atom. The van der Waals surface area contributed by atoms with Crippen LogP contribution in [0.25, 0.3) is 0 Å². The van der Waals surface area contributed by atoms with Crippen molar-refractivity contribution in [1.82, 2.24) is 0 Å². The molecule has 0 aliphatic carbocycles. The quantitative estimate of drug-likeness (QED) is 0.598. The van der Waals surface area contributed by atoms with Crippen LogP contribution in [0, 0.1) is 10.1 Å². The Kier molecular flexibility index (Phi) is 5.63. The first-order chi connectivity index (χ1) is 12.3. The zero-order chi connectivity index (χ0) is 19.4. The highest BCUT2D eigenvalue weighted by Gasteiger charge is 2.19. The van der Waals surface area contributed by atoms with Crippen LogP contribution >= 0.6 is 11.6 Å². The summed E-state index contributed by atoms with van der Waals surface area (Å²) in [6.07, 6.45) is 0. The zero-order valence-electron chi connectivity index (χ0n) is 13.6. The third kappa shape index (κ3) is 3.83. The molecule has 1 N–H and O–H groups in total. The highest BCUT2D eigenvalue weighted by atomic mass is 35.5. The summed E-state index contributed by atoms with van der Waals surface area (Å²) >= 11 is 5.71. The largest absolute Gasteiger partial charge is 0.545 e. The van der Waals surface area contributed by atoms with E-state index in [1.165, 1.54) is 32.4 Å². The van der Waals surface area contributed by atoms with Gasteiger partial charge in [-0.2, -0.15) is 0 Å². The van der Waals surface area contributed by atoms with Crippen molar-refractivity contribution in [1.29, 1.82) is 0 Å². The van der Waals surface area contributed by atoms with Crippen molar-refractivity contribution in [3.8, 4) is 11.5 Å². The van der Waals surface area contributed by atoms with E-state index in [4.69, 9.17) is 21.1 Å². The molecule has 2 aromatic carbocycles. The maximum Gasteiger partial charge on any atom is 0.288 e. The van der Waals surface area contributed by atoms with Crippen LogP contribution in [0.2, 0.25) is 5.02 Å². The van der Waals surface area contributed by atoms with Crippen LogP contribution in [-0.2, 0) is 0 Å². The van der Waals surface area contributed by atoms with Gasteiger partial charge in [0.2, 0.25) is 0 Å². The average molecular weight is 380 g/mol. The molecule has 1 amide bonds. The summed E-state index contributed by atoms with van der Waals surface area (Å²) in [6.45, 7) is 0. The van der Waals surface area contributed by atoms with Gasteiger partial charge in [-0.25, -0.2) is 0 Å². The molecule has 26 heavy (non-hydrogen) atoms. The number of nitro benzene ring substituents is 1. The van der Waals surface area contributed by atoms with Gasteiger partial charge in [0.05, 0.1) is 30.8 Å². The molecule has 0 atom stereocenters. The van der Waals surface area contributed by atoms with Gasteiger partial charge in [0.15, 0.2) is 11.5 Å². The predicted molar refractivity (Wildman–Crippen MR) is 89.9 cm³/mol. The highest BCUT2D eigenvalue weighted by Crippen LogP contribution is 2.33. The molecule has 0 aliphatic rings. The molecular weight excluding hydrogens is 368 g/mol. The van der Waals surface area contributed by atoms with Gasteiger partial charge in [0.1, 0.15) is 5.02 Å². The number of nitro groups is 1. The van der Waals surface area contributed by atoms with Crippen LogP contribution < -0.4 is 19.9 Å². The Morgan fingerprint density at radius 3 is 2.27 bits per heavy atom. The van der Waals surface area contributed by atoms with E-state index in [1.54, 1.807) is 0 Å². The lowest BCUT2D eigenvalue weighted by Gasteiger charge is -2.16. The van der Waals surface area contributed by atoms with Crippen molar-refractivity contribution >= 4 is 34.9 Å². The van der Waals surface area contributed by atoms with Gasteiger partial charge in [-0.1, -0.05) is 11.6 Å². The molecule has 10 heteroatoms. The summed E-state index contributed by atoms with van der Waals surface area (Å²) in [7, 11) is 2.66. The Balaban J connectivity index is 2.44. The molecule has 0 bridgehead atoms. The predicted octanol–water partition coefficient (Wildman–Crippen LogP) is 1.88. The van der Waals surface area contributed by atoms with Gasteiger partial charge >= 0.3 is 0 Å². The SMILES string of the molecule is COc1cc(NC(=O)c2ccc(Cl)c([N+](=O)[O-])c2)c(C(=O)[O-])cc1OC. The number of amides is 1. The third-order valence-corrected chi connectivity index (χ3v) is 3.72. The van der Waals surface area contributed by atoms with Crippen molar-refractivity contribution in [2.24, 2.45) is 0 Å². The van der Waals surface area contributed by atoms with E-state index < -0.39 is 22.5 Å². The third-order valence-electron chi connectivity index (χ3n) is 3.40. The summed E-state index contributed by atoms with van der Waals surface area (Å²) in [4.78, 5) is 33.9. The number of anilines is 1. The molecule has 0 spiro atoms. The topological polar surface area (TPSA) is 131 Å². The molecule has 0 fully saturated rings. The number of carbonyl (C=O) groups excluding carboxylic acids is 2. The van der Waals surface area contributed by atoms with Crippen LogP contribution in [-0.4, -0.2) is 31.0 Å². The van der Waals surface area contributed by atoms with E-state index in [2.05, 4.69) is 5.32 Å². The van der Waals surface area contributed by atoms with Crippen LogP contribution in [0.5, 0.6) is 11.5 Å². The molecule has 0 saturated heterocycles. The van der Waals surface area contributed by atoms with Crippen molar-refractivity contribution in [3.05, 3.63) is 56.6 Å². The molecule has 0 aliphatic heterocycles. The number of rotatable bonds is 6. The van der Waals surface area contributed by atoms with Gasteiger partial charge in [-0.15, -0.1) is 0 Å². The Hall–Kier alpha value is -3.33. The maximum atomic E-state index is 12.4. The van der Waals surface area contributed by atoms with E-state index in [9.17, 15) is 24.8 Å². The van der Waals surface area contributed by atoms with E-state index in [0.717, 1.165) is 12.1 Å². The van der Waals surface area contributed by atoms with Crippen molar-refractivity contribution in [3.63, 3.8) is 0 Å². The molecular formula is C16H12ClN2O7-. The van der Waals surface area contributed by atoms with Gasteiger partial charge < -0.3 is 24.7 Å². The summed E-state index contributed by atoms with van der Waals surface area (Å²) in [5.74, 6) is -2.02. The van der Waals surface area contributed by atoms with E-state index in [1.807, 2.05) is 0 Å².